The predicted molar refractivity (Wildman–Crippen MR) is 98.5 cm³/mol. The van der Waals surface area contributed by atoms with Gasteiger partial charge in [0, 0.05) is 12.1 Å². The van der Waals surface area contributed by atoms with E-state index in [1.165, 1.54) is 49.7 Å². The molecule has 1 saturated heterocycles. The van der Waals surface area contributed by atoms with Crippen LogP contribution in [0, 0.1) is 5.92 Å². The first kappa shape index (κ1) is 16.3. The van der Waals surface area contributed by atoms with Gasteiger partial charge in [0.05, 0.1) is 0 Å². The van der Waals surface area contributed by atoms with Crippen LogP contribution in [0.15, 0.2) is 60.7 Å². The van der Waals surface area contributed by atoms with E-state index in [1.807, 2.05) is 0 Å². The molecule has 0 aromatic heterocycles. The van der Waals surface area contributed by atoms with Crippen molar-refractivity contribution in [2.24, 2.45) is 5.92 Å². The molecule has 0 unspecified atom stereocenters. The predicted octanol–water partition coefficient (Wildman–Crippen LogP) is 5.53. The van der Waals surface area contributed by atoms with Gasteiger partial charge in [-0.3, -0.25) is 0 Å². The van der Waals surface area contributed by atoms with Gasteiger partial charge in [-0.05, 0) is 42.7 Å². The lowest BCUT2D eigenvalue weighted by molar-refractivity contribution is 0.216. The lowest BCUT2D eigenvalue weighted by Gasteiger charge is -2.38. The zero-order valence-electron chi connectivity index (χ0n) is 14.2. The number of benzene rings is 2. The van der Waals surface area contributed by atoms with Crippen molar-refractivity contribution in [2.75, 3.05) is 0 Å². The molecule has 122 valence electrons. The monoisotopic (exact) mass is 307 g/mol. The standard InChI is InChI=1S/C22H29N/c1-2-3-14-21-20(17-18-10-6-4-7-11-18)15-16-22(23-21)19-12-8-5-9-13-19/h4-13,20-23H,2-3,14-17H2,1H3/t20-,21-,22+/m1/s1. The highest BCUT2D eigenvalue weighted by Crippen LogP contribution is 2.33. The summed E-state index contributed by atoms with van der Waals surface area (Å²) in [6.07, 6.45) is 7.71. The Labute approximate surface area is 141 Å². The van der Waals surface area contributed by atoms with Crippen molar-refractivity contribution in [1.82, 2.24) is 5.32 Å². The number of rotatable bonds is 6. The van der Waals surface area contributed by atoms with Gasteiger partial charge in [0.15, 0.2) is 0 Å². The van der Waals surface area contributed by atoms with Gasteiger partial charge < -0.3 is 5.32 Å². The summed E-state index contributed by atoms with van der Waals surface area (Å²) < 4.78 is 0. The van der Waals surface area contributed by atoms with E-state index in [-0.39, 0.29) is 0 Å². The van der Waals surface area contributed by atoms with E-state index in [1.54, 1.807) is 0 Å². The topological polar surface area (TPSA) is 12.0 Å². The largest absolute Gasteiger partial charge is 0.307 e. The molecule has 0 amide bonds. The van der Waals surface area contributed by atoms with Gasteiger partial charge in [-0.25, -0.2) is 0 Å². The normalized spacial score (nSPS) is 24.5. The molecular weight excluding hydrogens is 278 g/mol. The molecule has 0 spiro atoms. The number of nitrogens with one attached hydrogen (secondary N) is 1. The van der Waals surface area contributed by atoms with Crippen LogP contribution in [-0.4, -0.2) is 6.04 Å². The van der Waals surface area contributed by atoms with E-state index in [4.69, 9.17) is 0 Å². The van der Waals surface area contributed by atoms with Gasteiger partial charge in [0.25, 0.3) is 0 Å². The average molecular weight is 307 g/mol. The quantitative estimate of drug-likeness (QED) is 0.740. The minimum Gasteiger partial charge on any atom is -0.307 e. The van der Waals surface area contributed by atoms with Crippen molar-refractivity contribution in [3.05, 3.63) is 71.8 Å². The molecule has 1 fully saturated rings. The van der Waals surface area contributed by atoms with Crippen LogP contribution in [0.3, 0.4) is 0 Å². The van der Waals surface area contributed by atoms with E-state index < -0.39 is 0 Å². The van der Waals surface area contributed by atoms with Crippen molar-refractivity contribution in [3.8, 4) is 0 Å². The fourth-order valence-electron chi connectivity index (χ4n) is 3.91. The Balaban J connectivity index is 1.68. The second kappa shape index (κ2) is 8.31. The number of hydrogen-bond donors (Lipinski definition) is 1. The maximum Gasteiger partial charge on any atom is 0.0322 e. The minimum absolute atomic E-state index is 0.532. The van der Waals surface area contributed by atoms with E-state index in [9.17, 15) is 0 Å². The van der Waals surface area contributed by atoms with Crippen molar-refractivity contribution >= 4 is 0 Å². The summed E-state index contributed by atoms with van der Waals surface area (Å²) in [6, 6.07) is 23.2. The van der Waals surface area contributed by atoms with E-state index in [2.05, 4.69) is 72.9 Å². The number of unbranched alkanes of at least 4 members (excludes halogenated alkanes) is 1. The molecule has 23 heavy (non-hydrogen) atoms. The van der Waals surface area contributed by atoms with Crippen molar-refractivity contribution in [2.45, 2.75) is 57.5 Å². The van der Waals surface area contributed by atoms with Gasteiger partial charge in [0.2, 0.25) is 0 Å². The molecule has 2 aromatic carbocycles. The molecule has 1 aliphatic heterocycles. The van der Waals surface area contributed by atoms with E-state index in [0.29, 0.717) is 12.1 Å². The summed E-state index contributed by atoms with van der Waals surface area (Å²) in [7, 11) is 0. The van der Waals surface area contributed by atoms with Crippen LogP contribution in [0.4, 0.5) is 0 Å². The summed E-state index contributed by atoms with van der Waals surface area (Å²) in [5.74, 6) is 0.768. The third-order valence-electron chi connectivity index (χ3n) is 5.22. The number of piperidine rings is 1. The Morgan fingerprint density at radius 3 is 2.30 bits per heavy atom. The van der Waals surface area contributed by atoms with Gasteiger partial charge >= 0.3 is 0 Å². The second-order valence-electron chi connectivity index (χ2n) is 6.91. The third-order valence-corrected chi connectivity index (χ3v) is 5.22. The Hall–Kier alpha value is -1.60. The third kappa shape index (κ3) is 4.45. The fourth-order valence-corrected chi connectivity index (χ4v) is 3.91. The second-order valence-corrected chi connectivity index (χ2v) is 6.91. The lowest BCUT2D eigenvalue weighted by Crippen LogP contribution is -2.44. The molecule has 3 rings (SSSR count). The van der Waals surface area contributed by atoms with Crippen molar-refractivity contribution < 1.29 is 0 Å². The first-order valence-corrected chi connectivity index (χ1v) is 9.21. The van der Waals surface area contributed by atoms with Crippen LogP contribution in [0.1, 0.15) is 56.2 Å². The maximum atomic E-state index is 3.97. The smallest absolute Gasteiger partial charge is 0.0322 e. The van der Waals surface area contributed by atoms with E-state index >= 15 is 0 Å². The maximum absolute atomic E-state index is 3.97. The van der Waals surface area contributed by atoms with E-state index in [0.717, 1.165) is 5.92 Å². The molecule has 1 heteroatoms. The Bertz CT molecular complexity index is 563. The van der Waals surface area contributed by atoms with Gasteiger partial charge in [0.1, 0.15) is 0 Å². The molecule has 0 aliphatic carbocycles. The lowest BCUT2D eigenvalue weighted by atomic mass is 9.80. The summed E-state index contributed by atoms with van der Waals surface area (Å²) in [5, 5.41) is 3.97. The zero-order valence-corrected chi connectivity index (χ0v) is 14.2. The SMILES string of the molecule is CCCC[C@H]1N[C@H](c2ccccc2)CC[C@@H]1Cc1ccccc1. The summed E-state index contributed by atoms with van der Waals surface area (Å²) in [4.78, 5) is 0. The van der Waals surface area contributed by atoms with Crippen LogP contribution in [0.25, 0.3) is 0 Å². The highest BCUT2D eigenvalue weighted by Gasteiger charge is 2.30. The average Bonchev–Trinajstić information content (AvgIpc) is 2.62. The summed E-state index contributed by atoms with van der Waals surface area (Å²) in [5.41, 5.74) is 2.94. The summed E-state index contributed by atoms with van der Waals surface area (Å²) >= 11 is 0. The zero-order chi connectivity index (χ0) is 15.9. The minimum atomic E-state index is 0.532. The molecule has 3 atom stereocenters. The molecule has 1 N–H and O–H groups in total. The molecule has 1 aliphatic rings. The fraction of sp³-hybridized carbons (Fsp3) is 0.455. The molecule has 0 bridgehead atoms. The van der Waals surface area contributed by atoms with Crippen molar-refractivity contribution in [1.29, 1.82) is 0 Å². The molecule has 1 nitrogen and oxygen atoms in total. The molecule has 0 saturated carbocycles. The van der Waals surface area contributed by atoms with Crippen LogP contribution < -0.4 is 5.32 Å². The van der Waals surface area contributed by atoms with Crippen LogP contribution >= 0.6 is 0 Å². The highest BCUT2D eigenvalue weighted by atomic mass is 15.0. The van der Waals surface area contributed by atoms with Crippen LogP contribution in [-0.2, 0) is 6.42 Å². The Morgan fingerprint density at radius 1 is 0.913 bits per heavy atom. The highest BCUT2D eigenvalue weighted by molar-refractivity contribution is 5.21. The number of hydrogen-bond acceptors (Lipinski definition) is 1. The first-order chi connectivity index (χ1) is 11.4. The first-order valence-electron chi connectivity index (χ1n) is 9.21. The van der Waals surface area contributed by atoms with Gasteiger partial charge in [-0.1, -0.05) is 80.4 Å². The van der Waals surface area contributed by atoms with Crippen molar-refractivity contribution in [3.63, 3.8) is 0 Å². The molecule has 0 radical (unpaired) electrons. The van der Waals surface area contributed by atoms with Gasteiger partial charge in [-0.2, -0.15) is 0 Å². The van der Waals surface area contributed by atoms with Crippen LogP contribution in [0.2, 0.25) is 0 Å². The molecular formula is C22H29N. The molecule has 2 aromatic rings. The van der Waals surface area contributed by atoms with Crippen LogP contribution in [0.5, 0.6) is 0 Å². The Kier molecular flexibility index (Phi) is 5.87. The Morgan fingerprint density at radius 2 is 1.61 bits per heavy atom. The van der Waals surface area contributed by atoms with Gasteiger partial charge in [-0.15, -0.1) is 0 Å². The summed E-state index contributed by atoms with van der Waals surface area (Å²) in [6.45, 7) is 2.30. The molecule has 1 heterocycles.